The molecule has 2 atom stereocenters. The SMILES string of the molecule is CCC(C)(CC)NC(=O)C1C(C(=O)O)C1(C)C. The third-order valence-electron chi connectivity index (χ3n) is 4.36. The average Bonchev–Trinajstić information content (AvgIpc) is 2.81. The summed E-state index contributed by atoms with van der Waals surface area (Å²) in [4.78, 5) is 23.1. The number of hydrogen-bond acceptors (Lipinski definition) is 2. The Morgan fingerprint density at radius 1 is 1.24 bits per heavy atom. The molecule has 2 unspecified atom stereocenters. The van der Waals surface area contributed by atoms with Crippen LogP contribution >= 0.6 is 0 Å². The van der Waals surface area contributed by atoms with Gasteiger partial charge in [-0.3, -0.25) is 9.59 Å². The molecule has 1 fully saturated rings. The first kappa shape index (κ1) is 14.0. The van der Waals surface area contributed by atoms with Crippen LogP contribution < -0.4 is 5.32 Å². The molecule has 0 aliphatic heterocycles. The lowest BCUT2D eigenvalue weighted by Crippen LogP contribution is -2.46. The van der Waals surface area contributed by atoms with E-state index in [2.05, 4.69) is 5.32 Å². The summed E-state index contributed by atoms with van der Waals surface area (Å²) in [6.07, 6.45) is 1.69. The zero-order valence-electron chi connectivity index (χ0n) is 11.3. The van der Waals surface area contributed by atoms with Gasteiger partial charge in [0.05, 0.1) is 11.8 Å². The van der Waals surface area contributed by atoms with Crippen molar-refractivity contribution in [3.05, 3.63) is 0 Å². The van der Waals surface area contributed by atoms with Crippen molar-refractivity contribution < 1.29 is 14.7 Å². The lowest BCUT2D eigenvalue weighted by molar-refractivity contribution is -0.140. The number of carbonyl (C=O) groups excluding carboxylic acids is 1. The van der Waals surface area contributed by atoms with Crippen LogP contribution in [0.15, 0.2) is 0 Å². The minimum absolute atomic E-state index is 0.117. The van der Waals surface area contributed by atoms with Gasteiger partial charge in [-0.05, 0) is 25.2 Å². The molecule has 0 heterocycles. The van der Waals surface area contributed by atoms with Gasteiger partial charge in [0, 0.05) is 5.54 Å². The number of amides is 1. The molecule has 17 heavy (non-hydrogen) atoms. The van der Waals surface area contributed by atoms with Crippen molar-refractivity contribution in [2.75, 3.05) is 0 Å². The van der Waals surface area contributed by atoms with Crippen LogP contribution in [0, 0.1) is 17.3 Å². The second-order valence-corrected chi connectivity index (χ2v) is 5.87. The Morgan fingerprint density at radius 2 is 1.71 bits per heavy atom. The Bertz CT molecular complexity index is 332. The lowest BCUT2D eigenvalue weighted by Gasteiger charge is -2.28. The average molecular weight is 241 g/mol. The van der Waals surface area contributed by atoms with E-state index in [9.17, 15) is 9.59 Å². The van der Waals surface area contributed by atoms with Gasteiger partial charge in [0.15, 0.2) is 0 Å². The summed E-state index contributed by atoms with van der Waals surface area (Å²) in [5.41, 5.74) is -0.642. The molecule has 0 radical (unpaired) electrons. The second kappa shape index (κ2) is 4.31. The summed E-state index contributed by atoms with van der Waals surface area (Å²) >= 11 is 0. The predicted octanol–water partition coefficient (Wildman–Crippen LogP) is 2.04. The molecule has 0 bridgehead atoms. The summed E-state index contributed by atoms with van der Waals surface area (Å²) in [5, 5.41) is 12.0. The molecule has 0 spiro atoms. The van der Waals surface area contributed by atoms with E-state index in [0.717, 1.165) is 12.8 Å². The fourth-order valence-electron chi connectivity index (χ4n) is 2.39. The van der Waals surface area contributed by atoms with Crippen molar-refractivity contribution in [3.8, 4) is 0 Å². The third kappa shape index (κ3) is 2.45. The van der Waals surface area contributed by atoms with E-state index >= 15 is 0 Å². The van der Waals surface area contributed by atoms with Crippen LogP contribution in [0.2, 0.25) is 0 Å². The molecule has 4 heteroatoms. The normalized spacial score (nSPS) is 26.4. The number of aliphatic carboxylic acids is 1. The first-order chi connectivity index (χ1) is 7.69. The van der Waals surface area contributed by atoms with Crippen LogP contribution in [-0.2, 0) is 9.59 Å². The standard InChI is InChI=1S/C13H23NO3/c1-6-13(5,7-2)14-10(15)8-9(11(16)17)12(8,3)4/h8-9H,6-7H2,1-5H3,(H,14,15)(H,16,17). The highest BCUT2D eigenvalue weighted by molar-refractivity contribution is 5.92. The molecule has 4 nitrogen and oxygen atoms in total. The largest absolute Gasteiger partial charge is 0.481 e. The Hall–Kier alpha value is -1.06. The maximum absolute atomic E-state index is 12.1. The first-order valence-electron chi connectivity index (χ1n) is 6.24. The monoisotopic (exact) mass is 241 g/mol. The number of carboxylic acids is 1. The third-order valence-corrected chi connectivity index (χ3v) is 4.36. The highest BCUT2D eigenvalue weighted by Crippen LogP contribution is 2.58. The Labute approximate surface area is 103 Å². The van der Waals surface area contributed by atoms with Gasteiger partial charge in [0.25, 0.3) is 0 Å². The maximum atomic E-state index is 12.1. The summed E-state index contributed by atoms with van der Waals surface area (Å²) in [7, 11) is 0. The molecular weight excluding hydrogens is 218 g/mol. The summed E-state index contributed by atoms with van der Waals surface area (Å²) in [5.74, 6) is -1.92. The predicted molar refractivity (Wildman–Crippen MR) is 65.5 cm³/mol. The van der Waals surface area contributed by atoms with E-state index in [1.165, 1.54) is 0 Å². The molecule has 0 aromatic carbocycles. The second-order valence-electron chi connectivity index (χ2n) is 5.87. The van der Waals surface area contributed by atoms with Gasteiger partial charge in [0.2, 0.25) is 5.91 Å². The maximum Gasteiger partial charge on any atom is 0.307 e. The topological polar surface area (TPSA) is 66.4 Å². The molecular formula is C13H23NO3. The highest BCUT2D eigenvalue weighted by Gasteiger charge is 2.66. The van der Waals surface area contributed by atoms with Crippen molar-refractivity contribution in [1.82, 2.24) is 5.32 Å². The van der Waals surface area contributed by atoms with Crippen molar-refractivity contribution in [2.45, 2.75) is 53.0 Å². The zero-order valence-corrected chi connectivity index (χ0v) is 11.3. The van der Waals surface area contributed by atoms with Crippen LogP contribution in [0.25, 0.3) is 0 Å². The van der Waals surface area contributed by atoms with E-state index in [1.54, 1.807) is 0 Å². The Morgan fingerprint density at radius 3 is 2.00 bits per heavy atom. The molecule has 1 amide bonds. The van der Waals surface area contributed by atoms with Crippen LogP contribution in [-0.4, -0.2) is 22.5 Å². The number of rotatable bonds is 5. The Balaban J connectivity index is 2.71. The molecule has 0 aromatic heterocycles. The van der Waals surface area contributed by atoms with Crippen molar-refractivity contribution in [2.24, 2.45) is 17.3 Å². The Kier molecular flexibility index (Phi) is 3.55. The molecule has 1 aliphatic carbocycles. The van der Waals surface area contributed by atoms with E-state index in [0.29, 0.717) is 0 Å². The minimum atomic E-state index is -0.871. The number of nitrogens with one attached hydrogen (secondary N) is 1. The van der Waals surface area contributed by atoms with Crippen LogP contribution in [0.3, 0.4) is 0 Å². The fourth-order valence-corrected chi connectivity index (χ4v) is 2.39. The van der Waals surface area contributed by atoms with Gasteiger partial charge in [-0.25, -0.2) is 0 Å². The van der Waals surface area contributed by atoms with Gasteiger partial charge in [0.1, 0.15) is 0 Å². The quantitative estimate of drug-likeness (QED) is 0.774. The molecule has 1 rings (SSSR count). The van der Waals surface area contributed by atoms with Gasteiger partial charge >= 0.3 is 5.97 Å². The highest BCUT2D eigenvalue weighted by atomic mass is 16.4. The van der Waals surface area contributed by atoms with E-state index in [4.69, 9.17) is 5.11 Å². The molecule has 0 saturated heterocycles. The minimum Gasteiger partial charge on any atom is -0.481 e. The molecule has 98 valence electrons. The number of carboxylic acid groups (broad SMARTS) is 1. The van der Waals surface area contributed by atoms with Gasteiger partial charge in [-0.2, -0.15) is 0 Å². The van der Waals surface area contributed by atoms with Crippen molar-refractivity contribution in [1.29, 1.82) is 0 Å². The molecule has 2 N–H and O–H groups in total. The van der Waals surface area contributed by atoms with Gasteiger partial charge in [-0.15, -0.1) is 0 Å². The summed E-state index contributed by atoms with van der Waals surface area (Å²) in [6.45, 7) is 9.72. The summed E-state index contributed by atoms with van der Waals surface area (Å²) in [6, 6.07) is 0. The lowest BCUT2D eigenvalue weighted by atomic mass is 9.95. The van der Waals surface area contributed by atoms with Crippen LogP contribution in [0.1, 0.15) is 47.5 Å². The summed E-state index contributed by atoms with van der Waals surface area (Å²) < 4.78 is 0. The van der Waals surface area contributed by atoms with Gasteiger partial charge < -0.3 is 10.4 Å². The first-order valence-corrected chi connectivity index (χ1v) is 6.24. The molecule has 1 saturated carbocycles. The van der Waals surface area contributed by atoms with E-state index in [-0.39, 0.29) is 11.4 Å². The molecule has 1 aliphatic rings. The van der Waals surface area contributed by atoms with E-state index in [1.807, 2.05) is 34.6 Å². The van der Waals surface area contributed by atoms with Gasteiger partial charge in [-0.1, -0.05) is 27.7 Å². The fraction of sp³-hybridized carbons (Fsp3) is 0.846. The van der Waals surface area contributed by atoms with E-state index < -0.39 is 23.2 Å². The molecule has 0 aromatic rings. The van der Waals surface area contributed by atoms with Crippen LogP contribution in [0.4, 0.5) is 0 Å². The zero-order chi connectivity index (χ0) is 13.4. The number of hydrogen-bond donors (Lipinski definition) is 2. The number of carbonyl (C=O) groups is 2. The van der Waals surface area contributed by atoms with Crippen LogP contribution in [0.5, 0.6) is 0 Å². The van der Waals surface area contributed by atoms with Crippen molar-refractivity contribution in [3.63, 3.8) is 0 Å². The van der Waals surface area contributed by atoms with Crippen molar-refractivity contribution >= 4 is 11.9 Å². The smallest absolute Gasteiger partial charge is 0.307 e.